The molecule has 384 valence electrons. The van der Waals surface area contributed by atoms with Crippen LogP contribution in [0.15, 0.2) is 146 Å². The van der Waals surface area contributed by atoms with Crippen LogP contribution in [0.3, 0.4) is 0 Å². The minimum absolute atomic E-state index is 0.0512. The summed E-state index contributed by atoms with van der Waals surface area (Å²) in [5.41, 5.74) is 12.5. The molecule has 10 heteroatoms. The van der Waals surface area contributed by atoms with Gasteiger partial charge in [-0.1, -0.05) is 102 Å². The number of hydrogen-bond acceptors (Lipinski definition) is 8. The number of fused-ring (bicyclic) bond motifs is 2. The summed E-state index contributed by atoms with van der Waals surface area (Å²) in [4.78, 5) is 38.5. The third kappa shape index (κ3) is 12.7. The van der Waals surface area contributed by atoms with Crippen molar-refractivity contribution >= 4 is 56.5 Å². The number of amides is 2. The number of aromatic nitrogens is 2. The SMILES string of the molecule is CN(C(=O)OC(C)(C)C)c1ccc(-c2ccnc(-c3cc(C(C)(C)C)c4ccccc4c3)c2)cc1N(C)C(=O)OC(C)(C)C.CNc1ccc(-c2ccnc(-c3cc(C(C)(C)C)c4ccccc4c3)c2)cc1NC. The van der Waals surface area contributed by atoms with Gasteiger partial charge in [0.25, 0.3) is 0 Å². The summed E-state index contributed by atoms with van der Waals surface area (Å²) in [5.74, 6) is 0. The molecule has 0 fully saturated rings. The molecule has 0 aliphatic rings. The molecule has 8 rings (SSSR count). The van der Waals surface area contributed by atoms with Crippen LogP contribution >= 0.6 is 0 Å². The third-order valence-electron chi connectivity index (χ3n) is 12.7. The quantitative estimate of drug-likeness (QED) is 0.155. The first-order valence-corrected chi connectivity index (χ1v) is 25.3. The zero-order valence-corrected chi connectivity index (χ0v) is 46.3. The van der Waals surface area contributed by atoms with Crippen molar-refractivity contribution in [2.24, 2.45) is 0 Å². The highest BCUT2D eigenvalue weighted by atomic mass is 16.6. The average molecular weight is 991 g/mol. The van der Waals surface area contributed by atoms with Crippen LogP contribution < -0.4 is 20.4 Å². The number of nitrogens with zero attached hydrogens (tertiary/aromatic N) is 4. The molecule has 0 radical (unpaired) electrons. The second kappa shape index (κ2) is 21.4. The van der Waals surface area contributed by atoms with Crippen molar-refractivity contribution in [1.82, 2.24) is 9.97 Å². The normalized spacial score (nSPS) is 11.9. The number of rotatable bonds is 8. The van der Waals surface area contributed by atoms with Crippen molar-refractivity contribution < 1.29 is 19.1 Å². The molecule has 2 amide bonds. The van der Waals surface area contributed by atoms with Crippen LogP contribution in [0, 0.1) is 0 Å². The van der Waals surface area contributed by atoms with Crippen LogP contribution in [0.25, 0.3) is 66.3 Å². The Balaban J connectivity index is 0.000000232. The Hall–Kier alpha value is -7.72. The summed E-state index contributed by atoms with van der Waals surface area (Å²) in [7, 11) is 7.15. The number of carbonyl (C=O) groups excluding carboxylic acids is 2. The Kier molecular flexibility index (Phi) is 15.6. The van der Waals surface area contributed by atoms with E-state index >= 15 is 0 Å². The molecular weight excluding hydrogens is 917 g/mol. The van der Waals surface area contributed by atoms with Crippen molar-refractivity contribution in [1.29, 1.82) is 0 Å². The van der Waals surface area contributed by atoms with E-state index in [1.165, 1.54) is 42.6 Å². The van der Waals surface area contributed by atoms with E-state index in [1.807, 2.05) is 86.1 Å². The molecule has 74 heavy (non-hydrogen) atoms. The zero-order valence-electron chi connectivity index (χ0n) is 46.3. The maximum atomic E-state index is 13.2. The number of benzene rings is 6. The molecule has 2 aromatic heterocycles. The Bertz CT molecular complexity index is 3330. The number of anilines is 4. The van der Waals surface area contributed by atoms with Crippen LogP contribution in [0.5, 0.6) is 0 Å². The van der Waals surface area contributed by atoms with Gasteiger partial charge in [0.1, 0.15) is 11.2 Å². The lowest BCUT2D eigenvalue weighted by Crippen LogP contribution is -2.37. The summed E-state index contributed by atoms with van der Waals surface area (Å²) in [6, 6.07) is 46.3. The predicted octanol–water partition coefficient (Wildman–Crippen LogP) is 16.6. The highest BCUT2D eigenvalue weighted by molar-refractivity contribution is 5.99. The number of pyridine rings is 2. The predicted molar refractivity (Wildman–Crippen MR) is 311 cm³/mol. The molecule has 0 aliphatic carbocycles. The van der Waals surface area contributed by atoms with Crippen LogP contribution in [0.2, 0.25) is 0 Å². The van der Waals surface area contributed by atoms with Crippen LogP contribution in [-0.4, -0.2) is 61.5 Å². The van der Waals surface area contributed by atoms with E-state index < -0.39 is 23.4 Å². The largest absolute Gasteiger partial charge is 0.443 e. The fraction of sp³-hybridized carbons (Fsp3) is 0.312. The van der Waals surface area contributed by atoms with Crippen molar-refractivity contribution in [2.75, 3.05) is 48.6 Å². The summed E-state index contributed by atoms with van der Waals surface area (Å²) < 4.78 is 11.3. The highest BCUT2D eigenvalue weighted by Gasteiger charge is 2.28. The van der Waals surface area contributed by atoms with Gasteiger partial charge in [-0.05, 0) is 180 Å². The highest BCUT2D eigenvalue weighted by Crippen LogP contribution is 2.39. The van der Waals surface area contributed by atoms with Gasteiger partial charge < -0.3 is 20.1 Å². The Morgan fingerprint density at radius 3 is 1.27 bits per heavy atom. The van der Waals surface area contributed by atoms with E-state index in [1.54, 1.807) is 20.3 Å². The summed E-state index contributed by atoms with van der Waals surface area (Å²) in [6.45, 7) is 24.4. The molecule has 2 heterocycles. The first kappa shape index (κ1) is 54.1. The number of hydrogen-bond donors (Lipinski definition) is 2. The maximum Gasteiger partial charge on any atom is 0.414 e. The standard InChI is InChI=1S/C37H45N3O4.C27H29N3/c1-35(2,3)29-21-27(20-26-14-12-13-15-28(26)29)30-22-25(18-19-38-30)24-16-17-31(39(10)33(41)43-36(4,5)6)32(23-24)40(11)34(42)44-37(7,8)9;1-27(2,3)23-15-21(14-20-8-6-7-9-22(20)23)25-16-19(12-13-30-25)18-10-11-24(28-4)26(17-18)29-5/h12-23H,1-11H3;6-17,28-29H,1-5H3. The average Bonchev–Trinajstić information content (AvgIpc) is 3.35. The van der Waals surface area contributed by atoms with Crippen LogP contribution in [0.4, 0.5) is 32.3 Å². The number of carbonyl (C=O) groups is 2. The zero-order chi connectivity index (χ0) is 53.9. The van der Waals surface area contributed by atoms with Crippen LogP contribution in [-0.2, 0) is 20.3 Å². The van der Waals surface area contributed by atoms with Gasteiger partial charge in [0.05, 0.1) is 34.1 Å². The van der Waals surface area contributed by atoms with Crippen molar-refractivity contribution in [3.63, 3.8) is 0 Å². The Morgan fingerprint density at radius 2 is 0.838 bits per heavy atom. The molecule has 8 aromatic rings. The van der Waals surface area contributed by atoms with E-state index in [4.69, 9.17) is 19.4 Å². The smallest absolute Gasteiger partial charge is 0.414 e. The van der Waals surface area contributed by atoms with Gasteiger partial charge in [-0.2, -0.15) is 0 Å². The fourth-order valence-corrected chi connectivity index (χ4v) is 8.96. The topological polar surface area (TPSA) is 109 Å². The van der Waals surface area contributed by atoms with E-state index in [-0.39, 0.29) is 10.8 Å². The van der Waals surface area contributed by atoms with Crippen molar-refractivity contribution in [3.05, 3.63) is 157 Å². The number of nitrogens with one attached hydrogen (secondary N) is 2. The molecule has 2 N–H and O–H groups in total. The van der Waals surface area contributed by atoms with Gasteiger partial charge in [0.15, 0.2) is 0 Å². The van der Waals surface area contributed by atoms with E-state index in [2.05, 4.69) is 161 Å². The molecule has 0 bridgehead atoms. The molecular formula is C64H74N6O4. The van der Waals surface area contributed by atoms with Gasteiger partial charge in [0, 0.05) is 51.7 Å². The molecule has 0 saturated heterocycles. The second-order valence-corrected chi connectivity index (χ2v) is 22.9. The minimum Gasteiger partial charge on any atom is -0.443 e. The first-order valence-electron chi connectivity index (χ1n) is 25.3. The lowest BCUT2D eigenvalue weighted by Gasteiger charge is -2.30. The lowest BCUT2D eigenvalue weighted by molar-refractivity contribution is 0.0572. The van der Waals surface area contributed by atoms with Gasteiger partial charge in [-0.15, -0.1) is 0 Å². The first-order chi connectivity index (χ1) is 34.7. The Labute approximate surface area is 439 Å². The van der Waals surface area contributed by atoms with Gasteiger partial charge in [-0.25, -0.2) is 9.59 Å². The Morgan fingerprint density at radius 1 is 0.432 bits per heavy atom. The van der Waals surface area contributed by atoms with Crippen molar-refractivity contribution in [3.8, 4) is 44.8 Å². The molecule has 0 unspecified atom stereocenters. The summed E-state index contributed by atoms with van der Waals surface area (Å²) in [6.07, 6.45) is 2.65. The van der Waals surface area contributed by atoms with Crippen molar-refractivity contribution in [2.45, 2.75) is 105 Å². The lowest BCUT2D eigenvalue weighted by atomic mass is 9.82. The molecule has 10 nitrogen and oxygen atoms in total. The summed E-state index contributed by atoms with van der Waals surface area (Å²) in [5, 5.41) is 11.5. The van der Waals surface area contributed by atoms with Gasteiger partial charge in [-0.3, -0.25) is 19.8 Å². The monoisotopic (exact) mass is 991 g/mol. The molecule has 6 aromatic carbocycles. The van der Waals surface area contributed by atoms with Gasteiger partial charge >= 0.3 is 12.2 Å². The van der Waals surface area contributed by atoms with E-state index in [0.29, 0.717) is 11.4 Å². The number of ether oxygens (including phenoxy) is 2. The molecule has 0 saturated carbocycles. The molecule has 0 aliphatic heterocycles. The maximum absolute atomic E-state index is 13.2. The second-order valence-electron chi connectivity index (χ2n) is 22.9. The minimum atomic E-state index is -0.689. The van der Waals surface area contributed by atoms with E-state index in [9.17, 15) is 9.59 Å². The third-order valence-corrected chi connectivity index (χ3v) is 12.7. The molecule has 0 spiro atoms. The van der Waals surface area contributed by atoms with Gasteiger partial charge in [0.2, 0.25) is 0 Å². The van der Waals surface area contributed by atoms with Crippen LogP contribution in [0.1, 0.15) is 94.2 Å². The van der Waals surface area contributed by atoms with E-state index in [0.717, 1.165) is 56.0 Å². The summed E-state index contributed by atoms with van der Waals surface area (Å²) >= 11 is 0. The molecule has 0 atom stereocenters. The fourth-order valence-electron chi connectivity index (χ4n) is 8.96.